The minimum absolute atomic E-state index is 0.0742. The predicted molar refractivity (Wildman–Crippen MR) is 117 cm³/mol. The Balaban J connectivity index is 3.35. The van der Waals surface area contributed by atoms with E-state index in [1.54, 1.807) is 24.3 Å². The Labute approximate surface area is 181 Å². The molecular weight excluding hydrogens is 406 g/mol. The van der Waals surface area contributed by atoms with Gasteiger partial charge in [-0.1, -0.05) is 38.1 Å². The van der Waals surface area contributed by atoms with E-state index in [1.165, 1.54) is 11.8 Å². The Hall–Kier alpha value is -2.23. The van der Waals surface area contributed by atoms with Gasteiger partial charge in [0.05, 0.1) is 12.1 Å². The molecule has 0 radical (unpaired) electrons. The lowest BCUT2D eigenvalue weighted by atomic mass is 9.97. The van der Waals surface area contributed by atoms with Crippen LogP contribution in [0.1, 0.15) is 42.6 Å². The fourth-order valence-corrected chi connectivity index (χ4v) is 3.57. The Morgan fingerprint density at radius 3 is 2.27 bits per heavy atom. The molecule has 0 saturated heterocycles. The van der Waals surface area contributed by atoms with Crippen molar-refractivity contribution < 1.29 is 24.3 Å². The molecule has 0 heterocycles. The molecule has 166 valence electrons. The highest BCUT2D eigenvalue weighted by Crippen LogP contribution is 2.18. The first-order chi connectivity index (χ1) is 14.1. The number of hydrogen-bond acceptors (Lipinski definition) is 7. The van der Waals surface area contributed by atoms with E-state index in [-0.39, 0.29) is 12.3 Å². The maximum Gasteiger partial charge on any atom is 0.327 e. The monoisotopic (exact) mass is 437 g/mol. The van der Waals surface area contributed by atoms with Crippen molar-refractivity contribution in [2.45, 2.75) is 51.2 Å². The van der Waals surface area contributed by atoms with E-state index >= 15 is 0 Å². The second-order valence-electron chi connectivity index (χ2n) is 7.55. The molecule has 8 nitrogen and oxygen atoms in total. The first-order valence-corrected chi connectivity index (χ1v) is 11.2. The molecular formula is C21H31N3O5S. The SMILES string of the molecule is CSCCC(N)C(=O)N(C(=O)C(N)CC(C)C)C(Cc1ccccc1C=O)C(=O)O. The lowest BCUT2D eigenvalue weighted by molar-refractivity contribution is -0.159. The molecule has 0 aliphatic heterocycles. The number of benzene rings is 1. The zero-order chi connectivity index (χ0) is 22.8. The molecule has 3 unspecified atom stereocenters. The van der Waals surface area contributed by atoms with Crippen LogP contribution in [0.5, 0.6) is 0 Å². The highest BCUT2D eigenvalue weighted by Gasteiger charge is 2.39. The number of carbonyl (C=O) groups is 4. The molecule has 1 aromatic rings. The summed E-state index contributed by atoms with van der Waals surface area (Å²) in [5, 5.41) is 9.87. The van der Waals surface area contributed by atoms with Crippen LogP contribution >= 0.6 is 11.8 Å². The maximum atomic E-state index is 13.1. The number of aldehydes is 1. The second kappa shape index (κ2) is 12.5. The van der Waals surface area contributed by atoms with Crippen molar-refractivity contribution in [2.75, 3.05) is 12.0 Å². The zero-order valence-corrected chi connectivity index (χ0v) is 18.4. The van der Waals surface area contributed by atoms with Crippen LogP contribution < -0.4 is 11.5 Å². The molecule has 0 spiro atoms. The van der Waals surface area contributed by atoms with Gasteiger partial charge in [0.1, 0.15) is 12.3 Å². The molecule has 0 saturated carbocycles. The molecule has 1 rings (SSSR count). The largest absolute Gasteiger partial charge is 0.480 e. The summed E-state index contributed by atoms with van der Waals surface area (Å²) in [6.45, 7) is 3.75. The second-order valence-corrected chi connectivity index (χ2v) is 8.53. The van der Waals surface area contributed by atoms with Gasteiger partial charge in [0.15, 0.2) is 0 Å². The van der Waals surface area contributed by atoms with Crippen LogP contribution in [0.3, 0.4) is 0 Å². The van der Waals surface area contributed by atoms with Crippen LogP contribution in [0.4, 0.5) is 0 Å². The van der Waals surface area contributed by atoms with Crippen LogP contribution in [0.2, 0.25) is 0 Å². The summed E-state index contributed by atoms with van der Waals surface area (Å²) < 4.78 is 0. The molecule has 0 aromatic heterocycles. The third-order valence-electron chi connectivity index (χ3n) is 4.66. The van der Waals surface area contributed by atoms with Crippen molar-refractivity contribution in [3.8, 4) is 0 Å². The summed E-state index contributed by atoms with van der Waals surface area (Å²) in [5.74, 6) is -2.26. The van der Waals surface area contributed by atoms with Crippen molar-refractivity contribution >= 4 is 35.8 Å². The van der Waals surface area contributed by atoms with Gasteiger partial charge in [0.25, 0.3) is 0 Å². The van der Waals surface area contributed by atoms with Gasteiger partial charge in [-0.15, -0.1) is 0 Å². The molecule has 9 heteroatoms. The number of thioether (sulfide) groups is 1. The number of nitrogens with zero attached hydrogens (tertiary/aromatic N) is 1. The smallest absolute Gasteiger partial charge is 0.327 e. The quantitative estimate of drug-likeness (QED) is 0.415. The number of carboxylic acid groups (broad SMARTS) is 1. The first-order valence-electron chi connectivity index (χ1n) is 9.76. The van der Waals surface area contributed by atoms with Crippen molar-refractivity contribution in [3.63, 3.8) is 0 Å². The average Bonchev–Trinajstić information content (AvgIpc) is 2.70. The third kappa shape index (κ3) is 7.23. The molecule has 30 heavy (non-hydrogen) atoms. The van der Waals surface area contributed by atoms with Gasteiger partial charge >= 0.3 is 5.97 Å². The fraction of sp³-hybridized carbons (Fsp3) is 0.524. The predicted octanol–water partition coefficient (Wildman–Crippen LogP) is 1.30. The standard InChI is InChI=1S/C21H31N3O5S/c1-13(2)10-17(23)20(27)24(19(26)16(22)8-9-30-3)18(21(28)29)11-14-6-4-5-7-15(14)12-25/h4-7,12-13,16-18H,8-11,22-23H2,1-3H3,(H,28,29). The van der Waals surface area contributed by atoms with Crippen molar-refractivity contribution in [1.29, 1.82) is 0 Å². The molecule has 2 amide bonds. The van der Waals surface area contributed by atoms with Crippen molar-refractivity contribution in [1.82, 2.24) is 4.90 Å². The third-order valence-corrected chi connectivity index (χ3v) is 5.30. The summed E-state index contributed by atoms with van der Waals surface area (Å²) in [6, 6.07) is 2.85. The molecule has 1 aromatic carbocycles. The van der Waals surface area contributed by atoms with Crippen LogP contribution in [0.15, 0.2) is 24.3 Å². The number of amides is 2. The fourth-order valence-electron chi connectivity index (χ4n) is 3.08. The first kappa shape index (κ1) is 25.8. The normalized spacial score (nSPS) is 14.1. The van der Waals surface area contributed by atoms with E-state index < -0.39 is 35.9 Å². The van der Waals surface area contributed by atoms with E-state index in [9.17, 15) is 24.3 Å². The van der Waals surface area contributed by atoms with E-state index in [2.05, 4.69) is 0 Å². The van der Waals surface area contributed by atoms with Gasteiger partial charge in [0, 0.05) is 12.0 Å². The summed E-state index contributed by atoms with van der Waals surface area (Å²) in [5.41, 5.74) is 12.7. The van der Waals surface area contributed by atoms with Gasteiger partial charge in [0.2, 0.25) is 11.8 Å². The number of nitrogens with two attached hydrogens (primary N) is 2. The maximum absolute atomic E-state index is 13.1. The van der Waals surface area contributed by atoms with Crippen LogP contribution in [-0.2, 0) is 20.8 Å². The molecule has 0 aliphatic carbocycles. The van der Waals surface area contributed by atoms with Crippen LogP contribution in [0, 0.1) is 5.92 Å². The molecule has 0 fully saturated rings. The number of rotatable bonds is 12. The van der Waals surface area contributed by atoms with Crippen LogP contribution in [-0.4, -0.2) is 64.2 Å². The lowest BCUT2D eigenvalue weighted by Crippen LogP contribution is -2.59. The number of carboxylic acids is 1. The minimum atomic E-state index is -1.52. The Kier molecular flexibility index (Phi) is 10.7. The van der Waals surface area contributed by atoms with E-state index in [0.717, 1.165) is 0 Å². The Morgan fingerprint density at radius 1 is 1.13 bits per heavy atom. The minimum Gasteiger partial charge on any atom is -0.480 e. The summed E-state index contributed by atoms with van der Waals surface area (Å²) in [6.07, 6.45) is 2.83. The topological polar surface area (TPSA) is 144 Å². The van der Waals surface area contributed by atoms with E-state index in [0.29, 0.717) is 40.9 Å². The Bertz CT molecular complexity index is 756. The van der Waals surface area contributed by atoms with Crippen molar-refractivity contribution in [2.24, 2.45) is 17.4 Å². The zero-order valence-electron chi connectivity index (χ0n) is 17.6. The van der Waals surface area contributed by atoms with Gasteiger partial charge in [-0.3, -0.25) is 19.3 Å². The van der Waals surface area contributed by atoms with E-state index in [1.807, 2.05) is 20.1 Å². The average molecular weight is 438 g/mol. The number of carbonyl (C=O) groups excluding carboxylic acids is 3. The molecule has 0 aliphatic rings. The lowest BCUT2D eigenvalue weighted by Gasteiger charge is -2.32. The summed E-state index contributed by atoms with van der Waals surface area (Å²) >= 11 is 1.49. The van der Waals surface area contributed by atoms with Crippen LogP contribution in [0.25, 0.3) is 0 Å². The summed E-state index contributed by atoms with van der Waals surface area (Å²) in [7, 11) is 0. The van der Waals surface area contributed by atoms with Gasteiger partial charge < -0.3 is 16.6 Å². The molecule has 0 bridgehead atoms. The summed E-state index contributed by atoms with van der Waals surface area (Å²) in [4.78, 5) is 50.3. The highest BCUT2D eigenvalue weighted by atomic mass is 32.2. The number of imide groups is 1. The Morgan fingerprint density at radius 2 is 1.73 bits per heavy atom. The van der Waals surface area contributed by atoms with Gasteiger partial charge in [-0.2, -0.15) is 11.8 Å². The van der Waals surface area contributed by atoms with Gasteiger partial charge in [-0.25, -0.2) is 4.79 Å². The van der Waals surface area contributed by atoms with E-state index in [4.69, 9.17) is 11.5 Å². The van der Waals surface area contributed by atoms with Crippen molar-refractivity contribution in [3.05, 3.63) is 35.4 Å². The van der Waals surface area contributed by atoms with Gasteiger partial charge in [-0.05, 0) is 36.3 Å². The number of aliphatic carboxylic acids is 1. The molecule has 3 atom stereocenters. The number of hydrogen-bond donors (Lipinski definition) is 3. The molecule has 5 N–H and O–H groups in total. The highest BCUT2D eigenvalue weighted by molar-refractivity contribution is 7.98.